The fourth-order valence-corrected chi connectivity index (χ4v) is 3.55. The van der Waals surface area contributed by atoms with E-state index in [0.29, 0.717) is 17.5 Å². The highest BCUT2D eigenvalue weighted by Gasteiger charge is 2.36. The summed E-state index contributed by atoms with van der Waals surface area (Å²) in [5.74, 6) is 0.611. The van der Waals surface area contributed by atoms with Crippen LogP contribution in [0.3, 0.4) is 0 Å². The fourth-order valence-electron chi connectivity index (χ4n) is 3.55. The Kier molecular flexibility index (Phi) is 4.16. The number of anilines is 1. The van der Waals surface area contributed by atoms with Crippen LogP contribution in [0.2, 0.25) is 0 Å². The molecule has 0 radical (unpaired) electrons. The molecule has 4 rings (SSSR count). The molecule has 1 N–H and O–H groups in total. The second kappa shape index (κ2) is 6.08. The van der Waals surface area contributed by atoms with E-state index in [1.807, 2.05) is 4.90 Å². The van der Waals surface area contributed by atoms with Crippen LogP contribution in [0.15, 0.2) is 24.3 Å². The Morgan fingerprint density at radius 1 is 1.09 bits per heavy atom. The van der Waals surface area contributed by atoms with Crippen molar-refractivity contribution in [3.8, 4) is 0 Å². The molecule has 2 atom stereocenters. The molecule has 0 aliphatic carbocycles. The molecule has 0 spiro atoms. The SMILES string of the molecule is CC(=O)c1ccc(NC(=O)N2C[C@H]3CC[C@@H]2CN(C)C3)cc1. The highest BCUT2D eigenvalue weighted by Crippen LogP contribution is 2.27. The molecule has 22 heavy (non-hydrogen) atoms. The first-order valence-electron chi connectivity index (χ1n) is 7.90. The van der Waals surface area contributed by atoms with E-state index in [4.69, 9.17) is 0 Å². The lowest BCUT2D eigenvalue weighted by Gasteiger charge is -2.36. The van der Waals surface area contributed by atoms with Crippen LogP contribution in [0.1, 0.15) is 30.1 Å². The van der Waals surface area contributed by atoms with E-state index in [9.17, 15) is 9.59 Å². The van der Waals surface area contributed by atoms with Crippen molar-refractivity contribution in [1.82, 2.24) is 9.80 Å². The maximum atomic E-state index is 12.6. The lowest BCUT2D eigenvalue weighted by atomic mass is 9.95. The van der Waals surface area contributed by atoms with E-state index < -0.39 is 0 Å². The number of carbonyl (C=O) groups is 2. The number of likely N-dealkylation sites (N-methyl/N-ethyl adjacent to an activating group) is 1. The number of fused-ring (bicyclic) bond motifs is 4. The smallest absolute Gasteiger partial charge is 0.320 e. The number of Topliss-reactive ketones (excluding diaryl/α,β-unsaturated/α-hetero) is 1. The molecule has 5 heteroatoms. The highest BCUT2D eigenvalue weighted by atomic mass is 16.2. The second-order valence-corrected chi connectivity index (χ2v) is 6.53. The first-order chi connectivity index (χ1) is 10.5. The number of urea groups is 1. The molecule has 0 saturated carbocycles. The van der Waals surface area contributed by atoms with Gasteiger partial charge in [0.25, 0.3) is 0 Å². The molecule has 118 valence electrons. The predicted octanol–water partition coefficient (Wildman–Crippen LogP) is 2.45. The first kappa shape index (κ1) is 15.0. The van der Waals surface area contributed by atoms with Crippen LogP contribution in [0, 0.1) is 5.92 Å². The fraction of sp³-hybridized carbons (Fsp3) is 0.529. The number of carbonyl (C=O) groups excluding carboxylic acids is 2. The average Bonchev–Trinajstić information content (AvgIpc) is 2.76. The van der Waals surface area contributed by atoms with E-state index in [2.05, 4.69) is 17.3 Å². The number of nitrogens with zero attached hydrogens (tertiary/aromatic N) is 2. The number of hydrogen-bond acceptors (Lipinski definition) is 3. The Hall–Kier alpha value is -1.88. The van der Waals surface area contributed by atoms with Gasteiger partial charge in [0.1, 0.15) is 0 Å². The lowest BCUT2D eigenvalue weighted by Crippen LogP contribution is -2.49. The minimum atomic E-state index is -0.0272. The molecule has 1 aromatic rings. The van der Waals surface area contributed by atoms with E-state index in [0.717, 1.165) is 31.7 Å². The van der Waals surface area contributed by atoms with Crippen LogP contribution < -0.4 is 5.32 Å². The van der Waals surface area contributed by atoms with Crippen molar-refractivity contribution in [2.45, 2.75) is 25.8 Å². The zero-order valence-electron chi connectivity index (χ0n) is 13.2. The van der Waals surface area contributed by atoms with Gasteiger partial charge in [0, 0.05) is 36.9 Å². The number of hydrogen-bond donors (Lipinski definition) is 1. The van der Waals surface area contributed by atoms with Crippen molar-refractivity contribution in [1.29, 1.82) is 0 Å². The van der Waals surface area contributed by atoms with Gasteiger partial charge in [0.2, 0.25) is 0 Å². The summed E-state index contributed by atoms with van der Waals surface area (Å²) in [5, 5.41) is 2.96. The van der Waals surface area contributed by atoms with Gasteiger partial charge in [-0.05, 0) is 57.0 Å². The third kappa shape index (κ3) is 3.14. The zero-order valence-corrected chi connectivity index (χ0v) is 13.2. The van der Waals surface area contributed by atoms with E-state index in [-0.39, 0.29) is 11.8 Å². The first-order valence-corrected chi connectivity index (χ1v) is 7.90. The molecule has 0 aromatic heterocycles. The van der Waals surface area contributed by atoms with Crippen LogP contribution in [0.5, 0.6) is 0 Å². The summed E-state index contributed by atoms with van der Waals surface area (Å²) >= 11 is 0. The third-order valence-electron chi connectivity index (χ3n) is 4.70. The molecule has 0 unspecified atom stereocenters. The largest absolute Gasteiger partial charge is 0.322 e. The van der Waals surface area contributed by atoms with Crippen molar-refractivity contribution in [3.05, 3.63) is 29.8 Å². The molecule has 2 bridgehead atoms. The summed E-state index contributed by atoms with van der Waals surface area (Å²) in [6.45, 7) is 4.41. The minimum Gasteiger partial charge on any atom is -0.320 e. The second-order valence-electron chi connectivity index (χ2n) is 6.53. The monoisotopic (exact) mass is 301 g/mol. The number of rotatable bonds is 2. The van der Waals surface area contributed by atoms with Crippen LogP contribution in [-0.4, -0.2) is 54.3 Å². The van der Waals surface area contributed by atoms with Crippen molar-refractivity contribution in [2.24, 2.45) is 5.92 Å². The van der Waals surface area contributed by atoms with Crippen molar-refractivity contribution in [3.63, 3.8) is 0 Å². The van der Waals surface area contributed by atoms with Crippen LogP contribution in [0.25, 0.3) is 0 Å². The van der Waals surface area contributed by atoms with Crippen molar-refractivity contribution >= 4 is 17.5 Å². The van der Waals surface area contributed by atoms with E-state index in [1.54, 1.807) is 24.3 Å². The summed E-state index contributed by atoms with van der Waals surface area (Å²) in [6, 6.07) is 7.36. The van der Waals surface area contributed by atoms with Gasteiger partial charge in [-0.15, -0.1) is 0 Å². The number of ketones is 1. The van der Waals surface area contributed by atoms with Crippen LogP contribution >= 0.6 is 0 Å². The minimum absolute atomic E-state index is 0.0272. The van der Waals surface area contributed by atoms with Gasteiger partial charge in [0.15, 0.2) is 5.78 Å². The summed E-state index contributed by atoms with van der Waals surface area (Å²) in [5.41, 5.74) is 1.40. The molecular weight excluding hydrogens is 278 g/mol. The van der Waals surface area contributed by atoms with Gasteiger partial charge < -0.3 is 15.1 Å². The maximum Gasteiger partial charge on any atom is 0.322 e. The summed E-state index contributed by atoms with van der Waals surface area (Å²) in [6.07, 6.45) is 2.30. The van der Waals surface area contributed by atoms with Crippen LogP contribution in [0.4, 0.5) is 10.5 Å². The van der Waals surface area contributed by atoms with Gasteiger partial charge >= 0.3 is 6.03 Å². The Morgan fingerprint density at radius 2 is 1.82 bits per heavy atom. The number of piperidine rings is 1. The van der Waals surface area contributed by atoms with Crippen molar-refractivity contribution in [2.75, 3.05) is 32.0 Å². The zero-order chi connectivity index (χ0) is 15.7. The Morgan fingerprint density at radius 3 is 2.50 bits per heavy atom. The molecule has 5 nitrogen and oxygen atoms in total. The third-order valence-corrected chi connectivity index (χ3v) is 4.70. The Labute approximate surface area is 131 Å². The maximum absolute atomic E-state index is 12.6. The Balaban J connectivity index is 1.68. The van der Waals surface area contributed by atoms with Gasteiger partial charge in [-0.3, -0.25) is 4.79 Å². The number of nitrogens with one attached hydrogen (secondary N) is 1. The number of benzene rings is 1. The topological polar surface area (TPSA) is 52.7 Å². The molecule has 2 amide bonds. The van der Waals surface area contributed by atoms with E-state index in [1.165, 1.54) is 13.3 Å². The van der Waals surface area contributed by atoms with Gasteiger partial charge in [-0.25, -0.2) is 4.79 Å². The van der Waals surface area contributed by atoms with Gasteiger partial charge in [0.05, 0.1) is 0 Å². The highest BCUT2D eigenvalue weighted by molar-refractivity contribution is 5.95. The molecule has 1 aromatic carbocycles. The standard InChI is InChI=1S/C17H23N3O2/c1-12(21)14-4-6-15(7-5-14)18-17(22)20-10-13-3-8-16(20)11-19(2)9-13/h4-7,13,16H,3,8-11H2,1-2H3,(H,18,22)/t13-,16+/m0/s1. The van der Waals surface area contributed by atoms with Crippen molar-refractivity contribution < 1.29 is 9.59 Å². The van der Waals surface area contributed by atoms with Gasteiger partial charge in [-0.2, -0.15) is 0 Å². The van der Waals surface area contributed by atoms with E-state index >= 15 is 0 Å². The van der Waals surface area contributed by atoms with Crippen LogP contribution in [-0.2, 0) is 0 Å². The van der Waals surface area contributed by atoms with Gasteiger partial charge in [-0.1, -0.05) is 0 Å². The molecule has 3 aliphatic rings. The normalized spacial score (nSPS) is 24.9. The lowest BCUT2D eigenvalue weighted by molar-refractivity contribution is 0.101. The molecule has 3 aliphatic heterocycles. The number of amides is 2. The molecule has 3 heterocycles. The molecular formula is C17H23N3O2. The summed E-state index contributed by atoms with van der Waals surface area (Å²) in [7, 11) is 2.13. The quantitative estimate of drug-likeness (QED) is 0.854. The average molecular weight is 301 g/mol. The Bertz CT molecular complexity index is 570. The predicted molar refractivity (Wildman–Crippen MR) is 86.2 cm³/mol. The molecule has 3 saturated heterocycles. The summed E-state index contributed by atoms with van der Waals surface area (Å²) in [4.78, 5) is 28.2. The molecule has 3 fully saturated rings. The summed E-state index contributed by atoms with van der Waals surface area (Å²) < 4.78 is 0.